The molecule has 0 radical (unpaired) electrons. The van der Waals surface area contributed by atoms with Crippen molar-refractivity contribution in [3.63, 3.8) is 0 Å². The van der Waals surface area contributed by atoms with Gasteiger partial charge in [0, 0.05) is 13.2 Å². The molecule has 0 spiro atoms. The van der Waals surface area contributed by atoms with Gasteiger partial charge in [-0.2, -0.15) is 0 Å². The van der Waals surface area contributed by atoms with E-state index in [1.54, 1.807) is 0 Å². The van der Waals surface area contributed by atoms with Gasteiger partial charge in [0.1, 0.15) is 5.84 Å². The molecule has 1 atom stereocenters. The smallest absolute Gasteiger partial charge is 0.105 e. The summed E-state index contributed by atoms with van der Waals surface area (Å²) in [6.45, 7) is 5.53. The molecule has 1 aliphatic rings. The van der Waals surface area contributed by atoms with Gasteiger partial charge >= 0.3 is 0 Å². The van der Waals surface area contributed by atoms with E-state index in [2.05, 4.69) is 11.8 Å². The standard InChI is InChI=1S/C10H21N3O/c1-2-6-14-9-4-3-5-13(7-9)8-10(11)12/h9H,2-8H2,1H3,(H3,11,12). The molecular weight excluding hydrogens is 178 g/mol. The second-order valence-electron chi connectivity index (χ2n) is 3.90. The number of nitrogens with two attached hydrogens (primary N) is 1. The van der Waals surface area contributed by atoms with Crippen LogP contribution in [0, 0.1) is 5.41 Å². The first-order chi connectivity index (χ1) is 6.72. The number of likely N-dealkylation sites (tertiary alicyclic amines) is 1. The van der Waals surface area contributed by atoms with Gasteiger partial charge in [-0.15, -0.1) is 0 Å². The fourth-order valence-electron chi connectivity index (χ4n) is 1.82. The van der Waals surface area contributed by atoms with E-state index in [0.717, 1.165) is 39.0 Å². The number of rotatable bonds is 5. The maximum absolute atomic E-state index is 7.23. The lowest BCUT2D eigenvalue weighted by Crippen LogP contribution is -2.43. The van der Waals surface area contributed by atoms with Crippen molar-refractivity contribution in [2.45, 2.75) is 32.3 Å². The van der Waals surface area contributed by atoms with Gasteiger partial charge in [-0.05, 0) is 25.8 Å². The van der Waals surface area contributed by atoms with Crippen LogP contribution >= 0.6 is 0 Å². The molecule has 82 valence electrons. The Balaban J connectivity index is 2.24. The molecule has 0 bridgehead atoms. The fraction of sp³-hybridized carbons (Fsp3) is 0.900. The second-order valence-corrected chi connectivity index (χ2v) is 3.90. The maximum Gasteiger partial charge on any atom is 0.105 e. The zero-order valence-corrected chi connectivity index (χ0v) is 8.96. The minimum atomic E-state index is 0.251. The maximum atomic E-state index is 7.23. The Morgan fingerprint density at radius 3 is 3.07 bits per heavy atom. The van der Waals surface area contributed by atoms with Gasteiger partial charge in [-0.25, -0.2) is 0 Å². The number of nitrogens with zero attached hydrogens (tertiary/aromatic N) is 1. The van der Waals surface area contributed by atoms with Gasteiger partial charge in [0.25, 0.3) is 0 Å². The van der Waals surface area contributed by atoms with Crippen molar-refractivity contribution in [3.8, 4) is 0 Å². The second kappa shape index (κ2) is 5.98. The quantitative estimate of drug-likeness (QED) is 0.509. The Labute approximate surface area is 85.9 Å². The summed E-state index contributed by atoms with van der Waals surface area (Å²) in [6.07, 6.45) is 3.72. The third-order valence-corrected chi connectivity index (χ3v) is 2.41. The number of hydrogen-bond donors (Lipinski definition) is 2. The number of hydrogen-bond acceptors (Lipinski definition) is 3. The summed E-state index contributed by atoms with van der Waals surface area (Å²) in [7, 11) is 0. The minimum Gasteiger partial charge on any atom is -0.387 e. The lowest BCUT2D eigenvalue weighted by atomic mass is 10.1. The first kappa shape index (κ1) is 11.5. The van der Waals surface area contributed by atoms with Crippen molar-refractivity contribution < 1.29 is 4.74 Å². The van der Waals surface area contributed by atoms with Crippen LogP contribution in [-0.2, 0) is 4.74 Å². The summed E-state index contributed by atoms with van der Waals surface area (Å²) in [5, 5.41) is 7.23. The number of nitrogens with one attached hydrogen (secondary N) is 1. The lowest BCUT2D eigenvalue weighted by Gasteiger charge is -2.32. The highest BCUT2D eigenvalue weighted by Gasteiger charge is 2.20. The summed E-state index contributed by atoms with van der Waals surface area (Å²) in [5.41, 5.74) is 5.37. The van der Waals surface area contributed by atoms with Crippen molar-refractivity contribution in [2.75, 3.05) is 26.2 Å². The van der Waals surface area contributed by atoms with E-state index in [1.807, 2.05) is 0 Å². The predicted octanol–water partition coefficient (Wildman–Crippen LogP) is 0.813. The van der Waals surface area contributed by atoms with Crippen LogP contribution in [-0.4, -0.2) is 43.1 Å². The van der Waals surface area contributed by atoms with Gasteiger partial charge < -0.3 is 10.5 Å². The molecule has 1 saturated heterocycles. The van der Waals surface area contributed by atoms with Crippen LogP contribution in [0.1, 0.15) is 26.2 Å². The van der Waals surface area contributed by atoms with Gasteiger partial charge in [0.15, 0.2) is 0 Å². The minimum absolute atomic E-state index is 0.251. The normalized spacial score (nSPS) is 23.6. The summed E-state index contributed by atoms with van der Waals surface area (Å²) < 4.78 is 5.69. The largest absolute Gasteiger partial charge is 0.387 e. The first-order valence-electron chi connectivity index (χ1n) is 5.39. The Morgan fingerprint density at radius 2 is 2.43 bits per heavy atom. The molecule has 0 saturated carbocycles. The van der Waals surface area contributed by atoms with E-state index in [4.69, 9.17) is 15.9 Å². The molecule has 0 aromatic rings. The first-order valence-corrected chi connectivity index (χ1v) is 5.39. The molecule has 1 rings (SSSR count). The molecule has 14 heavy (non-hydrogen) atoms. The van der Waals surface area contributed by atoms with E-state index >= 15 is 0 Å². The average molecular weight is 199 g/mol. The Morgan fingerprint density at radius 1 is 1.64 bits per heavy atom. The highest BCUT2D eigenvalue weighted by atomic mass is 16.5. The topological polar surface area (TPSA) is 62.3 Å². The third kappa shape index (κ3) is 4.07. The Bertz CT molecular complexity index is 184. The van der Waals surface area contributed by atoms with Crippen molar-refractivity contribution in [2.24, 2.45) is 5.73 Å². The Kier molecular flexibility index (Phi) is 4.90. The molecule has 0 aromatic heterocycles. The van der Waals surface area contributed by atoms with Crippen LogP contribution < -0.4 is 5.73 Å². The molecule has 0 aliphatic carbocycles. The molecule has 4 heteroatoms. The highest BCUT2D eigenvalue weighted by molar-refractivity contribution is 5.78. The highest BCUT2D eigenvalue weighted by Crippen LogP contribution is 2.12. The van der Waals surface area contributed by atoms with E-state index < -0.39 is 0 Å². The molecule has 1 heterocycles. The molecule has 1 fully saturated rings. The zero-order chi connectivity index (χ0) is 10.4. The summed E-state index contributed by atoms with van der Waals surface area (Å²) in [5.74, 6) is 0.251. The summed E-state index contributed by atoms with van der Waals surface area (Å²) in [6, 6.07) is 0. The van der Waals surface area contributed by atoms with Crippen LogP contribution in [0.4, 0.5) is 0 Å². The van der Waals surface area contributed by atoms with Crippen LogP contribution in [0.15, 0.2) is 0 Å². The third-order valence-electron chi connectivity index (χ3n) is 2.41. The van der Waals surface area contributed by atoms with Crippen molar-refractivity contribution in [1.29, 1.82) is 5.41 Å². The van der Waals surface area contributed by atoms with Gasteiger partial charge in [0.2, 0.25) is 0 Å². The number of ether oxygens (including phenoxy) is 1. The van der Waals surface area contributed by atoms with E-state index in [0.29, 0.717) is 12.6 Å². The number of amidine groups is 1. The predicted molar refractivity (Wildman–Crippen MR) is 57.6 cm³/mol. The molecule has 4 nitrogen and oxygen atoms in total. The Hall–Kier alpha value is -0.610. The lowest BCUT2D eigenvalue weighted by molar-refractivity contribution is 0.00402. The van der Waals surface area contributed by atoms with Gasteiger partial charge in [-0.1, -0.05) is 6.92 Å². The number of piperidine rings is 1. The van der Waals surface area contributed by atoms with Crippen molar-refractivity contribution >= 4 is 5.84 Å². The van der Waals surface area contributed by atoms with E-state index in [9.17, 15) is 0 Å². The molecule has 0 amide bonds. The van der Waals surface area contributed by atoms with Crippen molar-refractivity contribution in [3.05, 3.63) is 0 Å². The van der Waals surface area contributed by atoms with Gasteiger partial charge in [0.05, 0.1) is 12.6 Å². The van der Waals surface area contributed by atoms with Crippen LogP contribution in [0.5, 0.6) is 0 Å². The van der Waals surface area contributed by atoms with Crippen molar-refractivity contribution in [1.82, 2.24) is 4.90 Å². The monoisotopic (exact) mass is 199 g/mol. The fourth-order valence-corrected chi connectivity index (χ4v) is 1.82. The van der Waals surface area contributed by atoms with E-state index in [-0.39, 0.29) is 5.84 Å². The van der Waals surface area contributed by atoms with E-state index in [1.165, 1.54) is 0 Å². The molecule has 0 aromatic carbocycles. The molecule has 1 unspecified atom stereocenters. The summed E-state index contributed by atoms with van der Waals surface area (Å²) in [4.78, 5) is 2.20. The van der Waals surface area contributed by atoms with Crippen LogP contribution in [0.3, 0.4) is 0 Å². The zero-order valence-electron chi connectivity index (χ0n) is 8.96. The molecular formula is C10H21N3O. The SMILES string of the molecule is CCCOC1CCCN(CC(=N)N)C1. The van der Waals surface area contributed by atoms with Gasteiger partial charge in [-0.3, -0.25) is 10.3 Å². The summed E-state index contributed by atoms with van der Waals surface area (Å²) >= 11 is 0. The van der Waals surface area contributed by atoms with Crippen LogP contribution in [0.25, 0.3) is 0 Å². The average Bonchev–Trinajstić information content (AvgIpc) is 2.14. The molecule has 1 aliphatic heterocycles. The molecule has 3 N–H and O–H groups in total. The van der Waals surface area contributed by atoms with Crippen LogP contribution in [0.2, 0.25) is 0 Å².